The van der Waals surface area contributed by atoms with Crippen molar-refractivity contribution in [1.29, 1.82) is 0 Å². The first-order valence-corrected chi connectivity index (χ1v) is 6.22. The maximum absolute atomic E-state index is 11.5. The molecule has 0 fully saturated rings. The van der Waals surface area contributed by atoms with E-state index >= 15 is 0 Å². The lowest BCUT2D eigenvalue weighted by atomic mass is 10.3. The van der Waals surface area contributed by atoms with Crippen molar-refractivity contribution < 1.29 is 19.2 Å². The number of likely N-dealkylation sites (N-methyl/N-ethyl adjacent to an activating group) is 1. The van der Waals surface area contributed by atoms with Gasteiger partial charge in [-0.25, -0.2) is 0 Å². The largest absolute Gasteiger partial charge is 0.482 e. The highest BCUT2D eigenvalue weighted by molar-refractivity contribution is 6.32. The van der Waals surface area contributed by atoms with Crippen molar-refractivity contribution >= 4 is 29.1 Å². The van der Waals surface area contributed by atoms with Crippen LogP contribution in [0, 0.1) is 10.1 Å². The molecule has 0 unspecified atom stereocenters. The summed E-state index contributed by atoms with van der Waals surface area (Å²) in [6, 6.07) is 3.65. The Morgan fingerprint density at radius 2 is 2.10 bits per heavy atom. The SMILES string of the molecule is CN(C)C(=O)CNC(=O)COc1ccc([N+](=O)[O-])cc1Cl. The van der Waals surface area contributed by atoms with E-state index in [1.165, 1.54) is 17.0 Å². The summed E-state index contributed by atoms with van der Waals surface area (Å²) in [6.07, 6.45) is 0. The zero-order valence-corrected chi connectivity index (χ0v) is 12.2. The van der Waals surface area contributed by atoms with E-state index in [1.54, 1.807) is 14.1 Å². The Bertz CT molecular complexity index is 562. The molecule has 1 N–H and O–H groups in total. The molecule has 1 aromatic carbocycles. The number of amides is 2. The first kappa shape index (κ1) is 16.7. The van der Waals surface area contributed by atoms with Crippen LogP contribution in [0.15, 0.2) is 18.2 Å². The Morgan fingerprint density at radius 3 is 2.62 bits per heavy atom. The van der Waals surface area contributed by atoms with Crippen LogP contribution in [0.4, 0.5) is 5.69 Å². The molecule has 0 aliphatic carbocycles. The van der Waals surface area contributed by atoms with Gasteiger partial charge in [0.15, 0.2) is 6.61 Å². The molecule has 0 aliphatic heterocycles. The number of carbonyl (C=O) groups is 2. The molecule has 0 aromatic heterocycles. The zero-order valence-electron chi connectivity index (χ0n) is 11.5. The number of nitro benzene ring substituents is 1. The third-order valence-corrected chi connectivity index (χ3v) is 2.72. The van der Waals surface area contributed by atoms with Crippen LogP contribution in [-0.2, 0) is 9.59 Å². The van der Waals surface area contributed by atoms with Gasteiger partial charge in [-0.1, -0.05) is 11.6 Å². The fraction of sp³-hybridized carbons (Fsp3) is 0.333. The fourth-order valence-electron chi connectivity index (χ4n) is 1.25. The molecule has 1 rings (SSSR count). The van der Waals surface area contributed by atoms with E-state index in [0.717, 1.165) is 6.07 Å². The first-order chi connectivity index (χ1) is 9.81. The molecule has 0 bridgehead atoms. The second-order valence-electron chi connectivity index (χ2n) is 4.23. The highest BCUT2D eigenvalue weighted by Crippen LogP contribution is 2.28. The molecule has 2 amide bonds. The van der Waals surface area contributed by atoms with Gasteiger partial charge in [0.05, 0.1) is 16.5 Å². The van der Waals surface area contributed by atoms with E-state index in [-0.39, 0.29) is 35.5 Å². The highest BCUT2D eigenvalue weighted by atomic mass is 35.5. The Balaban J connectivity index is 2.50. The average molecular weight is 316 g/mol. The quantitative estimate of drug-likeness (QED) is 0.619. The second-order valence-corrected chi connectivity index (χ2v) is 4.63. The molecular weight excluding hydrogens is 302 g/mol. The number of ether oxygens (including phenoxy) is 1. The first-order valence-electron chi connectivity index (χ1n) is 5.85. The molecule has 0 saturated heterocycles. The van der Waals surface area contributed by atoms with E-state index in [0.29, 0.717) is 0 Å². The van der Waals surface area contributed by atoms with Crippen molar-refractivity contribution in [2.75, 3.05) is 27.2 Å². The van der Waals surface area contributed by atoms with Crippen LogP contribution in [0.5, 0.6) is 5.75 Å². The predicted molar refractivity (Wildman–Crippen MR) is 75.3 cm³/mol. The Morgan fingerprint density at radius 1 is 1.43 bits per heavy atom. The van der Waals surface area contributed by atoms with Crippen LogP contribution in [0.25, 0.3) is 0 Å². The van der Waals surface area contributed by atoms with Crippen molar-refractivity contribution in [3.8, 4) is 5.75 Å². The summed E-state index contributed by atoms with van der Waals surface area (Å²) in [5.74, 6) is -0.604. The average Bonchev–Trinajstić information content (AvgIpc) is 2.42. The highest BCUT2D eigenvalue weighted by Gasteiger charge is 2.12. The fourth-order valence-corrected chi connectivity index (χ4v) is 1.48. The lowest BCUT2D eigenvalue weighted by Crippen LogP contribution is -2.38. The number of nitro groups is 1. The van der Waals surface area contributed by atoms with Crippen LogP contribution in [-0.4, -0.2) is 48.9 Å². The lowest BCUT2D eigenvalue weighted by Gasteiger charge is -2.11. The summed E-state index contributed by atoms with van der Waals surface area (Å²) in [5, 5.41) is 12.9. The minimum Gasteiger partial charge on any atom is -0.482 e. The second kappa shape index (κ2) is 7.44. The normalized spacial score (nSPS) is 9.86. The van der Waals surface area contributed by atoms with Gasteiger partial charge < -0.3 is 15.0 Å². The summed E-state index contributed by atoms with van der Waals surface area (Å²) in [5.41, 5.74) is -0.173. The van der Waals surface area contributed by atoms with Crippen LogP contribution in [0.2, 0.25) is 5.02 Å². The summed E-state index contributed by atoms with van der Waals surface area (Å²) < 4.78 is 5.13. The number of carbonyl (C=O) groups excluding carboxylic acids is 2. The molecule has 9 heteroatoms. The maximum atomic E-state index is 11.5. The summed E-state index contributed by atoms with van der Waals surface area (Å²) in [7, 11) is 3.14. The minimum absolute atomic E-state index is 0.0290. The van der Waals surface area contributed by atoms with Crippen LogP contribution in [0.3, 0.4) is 0 Å². The Kier molecular flexibility index (Phi) is 5.92. The van der Waals surface area contributed by atoms with Crippen LogP contribution >= 0.6 is 11.6 Å². The van der Waals surface area contributed by atoms with Crippen molar-refractivity contribution in [2.45, 2.75) is 0 Å². The summed E-state index contributed by atoms with van der Waals surface area (Å²) in [6.45, 7) is -0.485. The lowest BCUT2D eigenvalue weighted by molar-refractivity contribution is -0.384. The third kappa shape index (κ3) is 5.27. The van der Waals surface area contributed by atoms with Gasteiger partial charge in [0.1, 0.15) is 5.75 Å². The number of nitrogens with one attached hydrogen (secondary N) is 1. The van der Waals surface area contributed by atoms with Gasteiger partial charge in [0.2, 0.25) is 5.91 Å². The van der Waals surface area contributed by atoms with Crippen molar-refractivity contribution in [3.63, 3.8) is 0 Å². The number of hydrogen-bond acceptors (Lipinski definition) is 5. The molecule has 0 spiro atoms. The topological polar surface area (TPSA) is 102 Å². The minimum atomic E-state index is -0.588. The van der Waals surface area contributed by atoms with Crippen molar-refractivity contribution in [2.24, 2.45) is 0 Å². The number of non-ortho nitro benzene ring substituents is 1. The van der Waals surface area contributed by atoms with Gasteiger partial charge in [0.25, 0.3) is 11.6 Å². The standard InChI is InChI=1S/C12H14ClN3O5/c1-15(2)12(18)6-14-11(17)7-21-10-4-3-8(16(19)20)5-9(10)13/h3-5H,6-7H2,1-2H3,(H,14,17). The maximum Gasteiger partial charge on any atom is 0.271 e. The molecule has 0 saturated carbocycles. The number of benzene rings is 1. The molecule has 0 radical (unpaired) electrons. The smallest absolute Gasteiger partial charge is 0.271 e. The number of halogens is 1. The molecule has 0 aliphatic rings. The van der Waals surface area contributed by atoms with Crippen LogP contribution < -0.4 is 10.1 Å². The van der Waals surface area contributed by atoms with Gasteiger partial charge >= 0.3 is 0 Å². The van der Waals surface area contributed by atoms with Crippen molar-refractivity contribution in [1.82, 2.24) is 10.2 Å². The predicted octanol–water partition coefficient (Wildman–Crippen LogP) is 0.831. The zero-order chi connectivity index (χ0) is 16.0. The number of hydrogen-bond donors (Lipinski definition) is 1. The molecule has 8 nitrogen and oxygen atoms in total. The third-order valence-electron chi connectivity index (χ3n) is 2.42. The van der Waals surface area contributed by atoms with Crippen LogP contribution in [0.1, 0.15) is 0 Å². The molecular formula is C12H14ClN3O5. The molecule has 1 aromatic rings. The number of rotatable bonds is 6. The van der Waals surface area contributed by atoms with Gasteiger partial charge in [-0.05, 0) is 6.07 Å². The molecule has 21 heavy (non-hydrogen) atoms. The summed E-state index contributed by atoms with van der Waals surface area (Å²) in [4.78, 5) is 34.0. The molecule has 0 atom stereocenters. The van der Waals surface area contributed by atoms with E-state index in [4.69, 9.17) is 16.3 Å². The van der Waals surface area contributed by atoms with Gasteiger partial charge in [-0.15, -0.1) is 0 Å². The van der Waals surface area contributed by atoms with E-state index < -0.39 is 10.8 Å². The van der Waals surface area contributed by atoms with Gasteiger partial charge in [0, 0.05) is 26.2 Å². The van der Waals surface area contributed by atoms with E-state index in [9.17, 15) is 19.7 Å². The molecule has 114 valence electrons. The van der Waals surface area contributed by atoms with Gasteiger partial charge in [-0.2, -0.15) is 0 Å². The van der Waals surface area contributed by atoms with E-state index in [1.807, 2.05) is 0 Å². The number of nitrogens with zero attached hydrogens (tertiary/aromatic N) is 2. The Labute approximate surface area is 125 Å². The summed E-state index contributed by atoms with van der Waals surface area (Å²) >= 11 is 5.80. The van der Waals surface area contributed by atoms with Crippen molar-refractivity contribution in [3.05, 3.63) is 33.3 Å². The molecule has 0 heterocycles. The van der Waals surface area contributed by atoms with Gasteiger partial charge in [-0.3, -0.25) is 19.7 Å². The monoisotopic (exact) mass is 315 g/mol. The Hall–Kier alpha value is -2.35. The van der Waals surface area contributed by atoms with E-state index in [2.05, 4.69) is 5.32 Å².